The van der Waals surface area contributed by atoms with E-state index in [-0.39, 0.29) is 11.5 Å². The largest absolute Gasteiger partial charge is 0.505 e. The first-order chi connectivity index (χ1) is 7.78. The number of nitrogens with zero attached hydrogens (tertiary/aromatic N) is 1. The summed E-state index contributed by atoms with van der Waals surface area (Å²) >= 11 is 0. The second kappa shape index (κ2) is 5.46. The molecule has 0 aliphatic rings. The van der Waals surface area contributed by atoms with E-state index in [9.17, 15) is 12.8 Å². The third-order valence-electron chi connectivity index (χ3n) is 2.31. The molecular weight excluding hydrogens is 245 g/mol. The van der Waals surface area contributed by atoms with Gasteiger partial charge in [0, 0.05) is 19.3 Å². The molecule has 0 spiro atoms. The summed E-state index contributed by atoms with van der Waals surface area (Å²) in [6.07, 6.45) is 1.18. The zero-order chi connectivity index (χ0) is 13.1. The van der Waals surface area contributed by atoms with Crippen LogP contribution in [0, 0.1) is 5.82 Å². The molecule has 0 aliphatic heterocycles. The van der Waals surface area contributed by atoms with Crippen LogP contribution < -0.4 is 0 Å². The molecule has 4 nitrogen and oxygen atoms in total. The van der Waals surface area contributed by atoms with Gasteiger partial charge in [-0.2, -0.15) is 0 Å². The average Bonchev–Trinajstić information content (AvgIpc) is 2.20. The summed E-state index contributed by atoms with van der Waals surface area (Å²) in [5, 5.41) is 9.02. The van der Waals surface area contributed by atoms with Crippen molar-refractivity contribution in [3.63, 3.8) is 0 Å². The van der Waals surface area contributed by atoms with E-state index >= 15 is 0 Å². The number of hydrogen-bond donors (Lipinski definition) is 1. The third kappa shape index (κ3) is 5.14. The topological polar surface area (TPSA) is 57.6 Å². The minimum atomic E-state index is -2.98. The highest BCUT2D eigenvalue weighted by atomic mass is 32.2. The number of aromatic hydroxyl groups is 1. The highest BCUT2D eigenvalue weighted by Gasteiger charge is 2.07. The summed E-state index contributed by atoms with van der Waals surface area (Å²) in [5.41, 5.74) is 0.691. The van der Waals surface area contributed by atoms with Crippen LogP contribution in [0.4, 0.5) is 4.39 Å². The third-order valence-corrected chi connectivity index (χ3v) is 3.23. The van der Waals surface area contributed by atoms with Crippen LogP contribution in [0.3, 0.4) is 0 Å². The molecule has 0 fully saturated rings. The van der Waals surface area contributed by atoms with Crippen LogP contribution in [-0.2, 0) is 16.4 Å². The lowest BCUT2D eigenvalue weighted by molar-refractivity contribution is 0.344. The molecule has 6 heteroatoms. The minimum absolute atomic E-state index is 0.0735. The van der Waals surface area contributed by atoms with Crippen molar-refractivity contribution >= 4 is 9.84 Å². The quantitative estimate of drug-likeness (QED) is 0.859. The first-order valence-corrected chi connectivity index (χ1v) is 7.17. The molecule has 0 atom stereocenters. The van der Waals surface area contributed by atoms with Gasteiger partial charge in [0.2, 0.25) is 0 Å². The molecule has 0 saturated heterocycles. The zero-order valence-corrected chi connectivity index (χ0v) is 10.7. The predicted octanol–water partition coefficient (Wildman–Crippen LogP) is 1.01. The molecule has 17 heavy (non-hydrogen) atoms. The van der Waals surface area contributed by atoms with Crippen LogP contribution in [0.25, 0.3) is 0 Å². The van der Waals surface area contributed by atoms with Crippen LogP contribution in [0.15, 0.2) is 18.2 Å². The number of benzene rings is 1. The van der Waals surface area contributed by atoms with Crippen molar-refractivity contribution in [1.82, 2.24) is 4.90 Å². The Kier molecular flexibility index (Phi) is 4.47. The first-order valence-electron chi connectivity index (χ1n) is 5.11. The van der Waals surface area contributed by atoms with E-state index in [1.165, 1.54) is 18.4 Å². The number of hydrogen-bond acceptors (Lipinski definition) is 4. The van der Waals surface area contributed by atoms with Gasteiger partial charge >= 0.3 is 0 Å². The van der Waals surface area contributed by atoms with E-state index in [2.05, 4.69) is 0 Å². The fraction of sp³-hybridized carbons (Fsp3) is 0.455. The van der Waals surface area contributed by atoms with Crippen LogP contribution in [0.5, 0.6) is 5.75 Å². The van der Waals surface area contributed by atoms with Crippen molar-refractivity contribution < 1.29 is 17.9 Å². The van der Waals surface area contributed by atoms with Gasteiger partial charge in [-0.25, -0.2) is 12.8 Å². The first kappa shape index (κ1) is 13.9. The summed E-state index contributed by atoms with van der Waals surface area (Å²) < 4.78 is 35.0. The van der Waals surface area contributed by atoms with Crippen LogP contribution in [0.1, 0.15) is 5.56 Å². The van der Waals surface area contributed by atoms with Crippen LogP contribution in [-0.4, -0.2) is 44.0 Å². The molecule has 0 saturated carbocycles. The Balaban J connectivity index is 2.56. The highest BCUT2D eigenvalue weighted by Crippen LogP contribution is 2.16. The van der Waals surface area contributed by atoms with Crippen molar-refractivity contribution in [3.8, 4) is 5.75 Å². The number of sulfone groups is 1. The summed E-state index contributed by atoms with van der Waals surface area (Å²) in [6, 6.07) is 4.14. The highest BCUT2D eigenvalue weighted by molar-refractivity contribution is 7.90. The van der Waals surface area contributed by atoms with Gasteiger partial charge in [-0.15, -0.1) is 0 Å². The lowest BCUT2D eigenvalue weighted by atomic mass is 10.2. The van der Waals surface area contributed by atoms with Crippen LogP contribution >= 0.6 is 0 Å². The van der Waals surface area contributed by atoms with Crippen molar-refractivity contribution in [2.75, 3.05) is 25.6 Å². The fourth-order valence-electron chi connectivity index (χ4n) is 1.36. The second-order valence-corrected chi connectivity index (χ2v) is 6.41. The van der Waals surface area contributed by atoms with Gasteiger partial charge in [0.15, 0.2) is 11.6 Å². The second-order valence-electron chi connectivity index (χ2n) is 4.15. The smallest absolute Gasteiger partial charge is 0.165 e. The Morgan fingerprint density at radius 1 is 1.41 bits per heavy atom. The molecule has 1 aromatic carbocycles. The van der Waals surface area contributed by atoms with E-state index < -0.39 is 15.7 Å². The Labute approximate surface area is 101 Å². The van der Waals surface area contributed by atoms with Gasteiger partial charge in [0.1, 0.15) is 9.84 Å². The van der Waals surface area contributed by atoms with E-state index in [0.29, 0.717) is 18.7 Å². The fourth-order valence-corrected chi connectivity index (χ4v) is 2.00. The SMILES string of the molecule is CN(CCS(C)(=O)=O)Cc1ccc(O)c(F)c1. The summed E-state index contributed by atoms with van der Waals surface area (Å²) in [4.78, 5) is 1.78. The maximum absolute atomic E-state index is 13.0. The van der Waals surface area contributed by atoms with Crippen molar-refractivity contribution in [3.05, 3.63) is 29.6 Å². The molecule has 0 radical (unpaired) electrons. The van der Waals surface area contributed by atoms with Gasteiger partial charge in [0.25, 0.3) is 0 Å². The zero-order valence-electron chi connectivity index (χ0n) is 9.85. The van der Waals surface area contributed by atoms with E-state index in [4.69, 9.17) is 5.11 Å². The molecular formula is C11H16FNO3S. The number of halogens is 1. The molecule has 0 heterocycles. The number of rotatable bonds is 5. The van der Waals surface area contributed by atoms with Crippen LogP contribution in [0.2, 0.25) is 0 Å². The Morgan fingerprint density at radius 3 is 2.59 bits per heavy atom. The van der Waals surface area contributed by atoms with Crippen molar-refractivity contribution in [2.24, 2.45) is 0 Å². The minimum Gasteiger partial charge on any atom is -0.505 e. The van der Waals surface area contributed by atoms with E-state index in [1.807, 2.05) is 0 Å². The average molecular weight is 261 g/mol. The monoisotopic (exact) mass is 261 g/mol. The maximum atomic E-state index is 13.0. The lowest BCUT2D eigenvalue weighted by Crippen LogP contribution is -2.24. The maximum Gasteiger partial charge on any atom is 0.165 e. The summed E-state index contributed by atoms with van der Waals surface area (Å²) in [5.74, 6) is -0.976. The van der Waals surface area contributed by atoms with Gasteiger partial charge in [0.05, 0.1) is 5.75 Å². The van der Waals surface area contributed by atoms with Gasteiger partial charge in [-0.1, -0.05) is 6.07 Å². The molecule has 1 rings (SSSR count). The Bertz CT molecular complexity index is 487. The summed E-state index contributed by atoms with van der Waals surface area (Å²) in [6.45, 7) is 0.827. The van der Waals surface area contributed by atoms with E-state index in [1.54, 1.807) is 18.0 Å². The molecule has 0 bridgehead atoms. The molecule has 1 N–H and O–H groups in total. The molecule has 1 aromatic rings. The van der Waals surface area contributed by atoms with Crippen molar-refractivity contribution in [2.45, 2.75) is 6.54 Å². The van der Waals surface area contributed by atoms with Crippen molar-refractivity contribution in [1.29, 1.82) is 0 Å². The number of phenolic OH excluding ortho intramolecular Hbond substituents is 1. The predicted molar refractivity (Wildman–Crippen MR) is 64.1 cm³/mol. The number of phenols is 1. The summed E-state index contributed by atoms with van der Waals surface area (Å²) in [7, 11) is -1.22. The normalized spacial score (nSPS) is 12.0. The molecule has 0 aromatic heterocycles. The molecule has 0 unspecified atom stereocenters. The van der Waals surface area contributed by atoms with Gasteiger partial charge < -0.3 is 10.0 Å². The lowest BCUT2D eigenvalue weighted by Gasteiger charge is -2.16. The molecule has 0 aliphatic carbocycles. The molecule has 96 valence electrons. The van der Waals surface area contributed by atoms with Gasteiger partial charge in [-0.05, 0) is 24.7 Å². The Morgan fingerprint density at radius 2 is 2.06 bits per heavy atom. The van der Waals surface area contributed by atoms with E-state index in [0.717, 1.165) is 0 Å². The Hall–Kier alpha value is -1.14. The standard InChI is InChI=1S/C11H16FNO3S/c1-13(5-6-17(2,15)16)8-9-3-4-11(14)10(12)7-9/h3-4,7,14H,5-6,8H2,1-2H3. The molecule has 0 amide bonds. The van der Waals surface area contributed by atoms with Gasteiger partial charge in [-0.3, -0.25) is 0 Å².